The van der Waals surface area contributed by atoms with Crippen molar-refractivity contribution >= 4 is 0 Å². The third-order valence-corrected chi connectivity index (χ3v) is 10.7. The van der Waals surface area contributed by atoms with Gasteiger partial charge in [0.15, 0.2) is 0 Å². The first-order valence-electron chi connectivity index (χ1n) is 12.2. The largest absolute Gasteiger partial charge is 0.393 e. The molecular formula is C24H41F3N2O2. The predicted molar refractivity (Wildman–Crippen MR) is 114 cm³/mol. The van der Waals surface area contributed by atoms with Crippen LogP contribution in [0.25, 0.3) is 0 Å². The van der Waals surface area contributed by atoms with Crippen LogP contribution in [0.3, 0.4) is 0 Å². The second-order valence-electron chi connectivity index (χ2n) is 12.1. The van der Waals surface area contributed by atoms with E-state index in [4.69, 9.17) is 11.5 Å². The average molecular weight is 447 g/mol. The minimum absolute atomic E-state index is 0.0418. The van der Waals surface area contributed by atoms with E-state index in [9.17, 15) is 23.4 Å². The van der Waals surface area contributed by atoms with E-state index in [1.54, 1.807) is 0 Å². The molecule has 4 saturated carbocycles. The first kappa shape index (κ1) is 23.8. The zero-order valence-electron chi connectivity index (χ0n) is 19.2. The number of halogens is 3. The van der Waals surface area contributed by atoms with Crippen molar-refractivity contribution in [2.24, 2.45) is 51.9 Å². The SMILES string of the molecule is CC(CCC(F)(F)F)C1CCC2C3C(CC(O)[C@]12C)[C@@]1(C)CC[C@H](N)C[C@@]1(N)C[C@@H]3O. The van der Waals surface area contributed by atoms with Gasteiger partial charge in [0, 0.05) is 18.0 Å². The molecule has 0 bridgehead atoms. The Bertz CT molecular complexity index is 690. The van der Waals surface area contributed by atoms with Crippen LogP contribution in [0.1, 0.15) is 78.6 Å². The number of fused-ring (bicyclic) bond motifs is 5. The number of rotatable bonds is 3. The van der Waals surface area contributed by atoms with E-state index in [1.165, 1.54) is 0 Å². The van der Waals surface area contributed by atoms with Gasteiger partial charge in [-0.2, -0.15) is 13.2 Å². The van der Waals surface area contributed by atoms with E-state index in [0.717, 1.165) is 25.7 Å². The smallest absolute Gasteiger partial charge is 0.389 e. The van der Waals surface area contributed by atoms with Crippen LogP contribution >= 0.6 is 0 Å². The van der Waals surface area contributed by atoms with Gasteiger partial charge in [0.2, 0.25) is 0 Å². The molecular weight excluding hydrogens is 405 g/mol. The highest BCUT2D eigenvalue weighted by molar-refractivity contribution is 5.20. The summed E-state index contributed by atoms with van der Waals surface area (Å²) in [5.74, 6) is 0.211. The van der Waals surface area contributed by atoms with Crippen LogP contribution in [0, 0.1) is 40.4 Å². The van der Waals surface area contributed by atoms with Crippen molar-refractivity contribution in [3.8, 4) is 0 Å². The standard InChI is InChI=1S/C24H41F3N2O2/c1-13(6-9-24(25,26)27)15-4-5-16-20-17(10-19(31)22(15,16)3)21(2)8-7-14(28)11-23(21,29)12-18(20)30/h13-20,30-31H,4-12,28-29H2,1-3H3/t13?,14-,15?,16?,17?,18-,19?,20?,21+,22+,23+/m0/s1. The fourth-order valence-electron chi connectivity index (χ4n) is 8.92. The first-order valence-corrected chi connectivity index (χ1v) is 12.2. The molecule has 0 spiro atoms. The molecule has 31 heavy (non-hydrogen) atoms. The van der Waals surface area contributed by atoms with Gasteiger partial charge < -0.3 is 21.7 Å². The maximum Gasteiger partial charge on any atom is 0.389 e. The third-order valence-electron chi connectivity index (χ3n) is 10.7. The minimum Gasteiger partial charge on any atom is -0.393 e. The van der Waals surface area contributed by atoms with Crippen molar-refractivity contribution < 1.29 is 23.4 Å². The fourth-order valence-corrected chi connectivity index (χ4v) is 8.92. The molecule has 4 aliphatic rings. The Morgan fingerprint density at radius 3 is 2.39 bits per heavy atom. The number of hydrogen-bond acceptors (Lipinski definition) is 4. The Labute approximate surface area is 184 Å². The maximum absolute atomic E-state index is 12.8. The topological polar surface area (TPSA) is 92.5 Å². The van der Waals surface area contributed by atoms with Crippen LogP contribution < -0.4 is 11.5 Å². The Morgan fingerprint density at radius 2 is 1.74 bits per heavy atom. The van der Waals surface area contributed by atoms with Gasteiger partial charge in [0.05, 0.1) is 12.2 Å². The lowest BCUT2D eigenvalue weighted by Crippen LogP contribution is -2.72. The Kier molecular flexibility index (Phi) is 5.81. The Balaban J connectivity index is 1.62. The van der Waals surface area contributed by atoms with Gasteiger partial charge in [-0.25, -0.2) is 0 Å². The second-order valence-corrected chi connectivity index (χ2v) is 12.1. The lowest BCUT2D eigenvalue weighted by Gasteiger charge is -2.67. The minimum atomic E-state index is -4.15. The summed E-state index contributed by atoms with van der Waals surface area (Å²) < 4.78 is 38.5. The average Bonchev–Trinajstić information content (AvgIpc) is 3.00. The summed E-state index contributed by atoms with van der Waals surface area (Å²) in [5, 5.41) is 22.8. The van der Waals surface area contributed by atoms with Gasteiger partial charge in [-0.1, -0.05) is 20.8 Å². The summed E-state index contributed by atoms with van der Waals surface area (Å²) in [6.07, 6.45) is -0.672. The highest BCUT2D eigenvalue weighted by Gasteiger charge is 2.68. The van der Waals surface area contributed by atoms with Crippen molar-refractivity contribution in [2.75, 3.05) is 0 Å². The van der Waals surface area contributed by atoms with E-state index >= 15 is 0 Å². The summed E-state index contributed by atoms with van der Waals surface area (Å²) in [6.45, 7) is 6.22. The van der Waals surface area contributed by atoms with Gasteiger partial charge in [-0.3, -0.25) is 0 Å². The molecule has 11 atom stereocenters. The van der Waals surface area contributed by atoms with Crippen LogP contribution in [0.5, 0.6) is 0 Å². The van der Waals surface area contributed by atoms with Gasteiger partial charge in [0.25, 0.3) is 0 Å². The molecule has 0 aliphatic heterocycles. The third kappa shape index (κ3) is 3.57. The zero-order chi connectivity index (χ0) is 23.0. The van der Waals surface area contributed by atoms with Crippen LogP contribution in [0.15, 0.2) is 0 Å². The quantitative estimate of drug-likeness (QED) is 0.528. The van der Waals surface area contributed by atoms with Crippen molar-refractivity contribution in [1.29, 1.82) is 0 Å². The van der Waals surface area contributed by atoms with Crippen LogP contribution in [-0.4, -0.2) is 40.2 Å². The van der Waals surface area contributed by atoms with E-state index in [2.05, 4.69) is 13.8 Å². The molecule has 7 heteroatoms. The molecule has 0 radical (unpaired) electrons. The lowest BCUT2D eigenvalue weighted by molar-refractivity contribution is -0.208. The molecule has 4 fully saturated rings. The number of hydrogen-bond donors (Lipinski definition) is 4. The summed E-state index contributed by atoms with van der Waals surface area (Å²) in [4.78, 5) is 0. The van der Waals surface area contributed by atoms with Crippen LogP contribution in [-0.2, 0) is 0 Å². The van der Waals surface area contributed by atoms with Crippen molar-refractivity contribution in [3.63, 3.8) is 0 Å². The number of aliphatic hydroxyl groups is 2. The van der Waals surface area contributed by atoms with Crippen molar-refractivity contribution in [3.05, 3.63) is 0 Å². The summed E-state index contributed by atoms with van der Waals surface area (Å²) in [7, 11) is 0. The van der Waals surface area contributed by atoms with Crippen molar-refractivity contribution in [1.82, 2.24) is 0 Å². The molecule has 4 nitrogen and oxygen atoms in total. The molecule has 0 amide bonds. The first-order chi connectivity index (χ1) is 14.2. The Morgan fingerprint density at radius 1 is 1.06 bits per heavy atom. The summed E-state index contributed by atoms with van der Waals surface area (Å²) in [5.41, 5.74) is 12.0. The van der Waals surface area contributed by atoms with E-state index in [0.29, 0.717) is 19.3 Å². The molecule has 6 N–H and O–H groups in total. The van der Waals surface area contributed by atoms with E-state index < -0.39 is 35.8 Å². The zero-order valence-corrected chi connectivity index (χ0v) is 19.2. The molecule has 0 aromatic heterocycles. The van der Waals surface area contributed by atoms with Gasteiger partial charge in [-0.05, 0) is 91.8 Å². The molecule has 0 aromatic rings. The van der Waals surface area contributed by atoms with Crippen LogP contribution in [0.4, 0.5) is 13.2 Å². The molecule has 4 aliphatic carbocycles. The number of alkyl halides is 3. The molecule has 4 rings (SSSR count). The molecule has 0 saturated heterocycles. The number of aliphatic hydroxyl groups excluding tert-OH is 2. The number of nitrogens with two attached hydrogens (primary N) is 2. The van der Waals surface area contributed by atoms with Gasteiger partial charge in [0.1, 0.15) is 0 Å². The highest BCUT2D eigenvalue weighted by atomic mass is 19.4. The van der Waals surface area contributed by atoms with Crippen LogP contribution in [0.2, 0.25) is 0 Å². The maximum atomic E-state index is 12.8. The van der Waals surface area contributed by atoms with Gasteiger partial charge in [-0.15, -0.1) is 0 Å². The predicted octanol–water partition coefficient (Wildman–Crippen LogP) is 3.97. The molecule has 180 valence electrons. The van der Waals surface area contributed by atoms with Crippen molar-refractivity contribution in [2.45, 2.75) is 109 Å². The van der Waals surface area contributed by atoms with E-state index in [1.807, 2.05) is 6.92 Å². The Hall–Kier alpha value is -0.370. The highest BCUT2D eigenvalue weighted by Crippen LogP contribution is 2.68. The second kappa shape index (κ2) is 7.57. The molecule has 0 aromatic carbocycles. The lowest BCUT2D eigenvalue weighted by atomic mass is 9.41. The molecule has 0 heterocycles. The fraction of sp³-hybridized carbons (Fsp3) is 1.00. The molecule has 6 unspecified atom stereocenters. The monoisotopic (exact) mass is 446 g/mol. The normalized spacial score (nSPS) is 53.4. The van der Waals surface area contributed by atoms with E-state index in [-0.39, 0.29) is 47.5 Å². The van der Waals surface area contributed by atoms with Gasteiger partial charge >= 0.3 is 6.18 Å². The summed E-state index contributed by atoms with van der Waals surface area (Å²) >= 11 is 0. The summed E-state index contributed by atoms with van der Waals surface area (Å²) in [6, 6.07) is 0.0472.